The van der Waals surface area contributed by atoms with Gasteiger partial charge in [0, 0.05) is 0 Å². The van der Waals surface area contributed by atoms with Crippen LogP contribution in [0.1, 0.15) is 90.9 Å². The summed E-state index contributed by atoms with van der Waals surface area (Å²) in [5.74, 6) is 0. The lowest BCUT2D eigenvalue weighted by molar-refractivity contribution is -0.890. The third-order valence-electron chi connectivity index (χ3n) is 4.23. The van der Waals surface area contributed by atoms with Crippen LogP contribution in [-0.4, -0.2) is 49.2 Å². The first-order valence-corrected chi connectivity index (χ1v) is 11.0. The van der Waals surface area contributed by atoms with Gasteiger partial charge in [-0.2, -0.15) is 0 Å². The first-order valence-electron chi connectivity index (χ1n) is 9.62. The maximum atomic E-state index is 8.63. The summed E-state index contributed by atoms with van der Waals surface area (Å²) in [5, 5.41) is 0. The molecule has 0 aliphatic heterocycles. The van der Waals surface area contributed by atoms with Crippen molar-refractivity contribution in [3.8, 4) is 0 Å². The smallest absolute Gasteiger partial charge is 0.215 e. The minimum Gasteiger partial charge on any atom is -0.726 e. The molecular weight excluding hydrogens is 326 g/mol. The van der Waals surface area contributed by atoms with Crippen LogP contribution >= 0.6 is 0 Å². The second-order valence-electron chi connectivity index (χ2n) is 7.35. The molecule has 0 bridgehead atoms. The predicted octanol–water partition coefficient (Wildman–Crippen LogP) is 4.79. The molecule has 148 valence electrons. The molecule has 0 fully saturated rings. The third-order valence-corrected chi connectivity index (χ3v) is 4.23. The third kappa shape index (κ3) is 29.8. The van der Waals surface area contributed by atoms with E-state index in [1.807, 2.05) is 0 Å². The second kappa shape index (κ2) is 16.3. The van der Waals surface area contributed by atoms with Crippen LogP contribution in [0.15, 0.2) is 0 Å². The van der Waals surface area contributed by atoms with Crippen molar-refractivity contribution >= 4 is 10.4 Å². The second-order valence-corrected chi connectivity index (χ2v) is 8.20. The first kappa shape index (κ1) is 26.1. The molecule has 0 saturated carbocycles. The molecule has 6 heteroatoms. The summed E-state index contributed by atoms with van der Waals surface area (Å²) in [5.41, 5.74) is 0. The van der Waals surface area contributed by atoms with Crippen molar-refractivity contribution in [1.29, 1.82) is 0 Å². The number of nitrogens with zero attached hydrogens (tertiary/aromatic N) is 1. The van der Waals surface area contributed by atoms with Gasteiger partial charge in [-0.05, 0) is 25.7 Å². The standard InChI is InChI=1S/C18H40N.H2O4S/c1-5-7-9-10-11-12-13-14-16-18-19(3,4)17-15-8-6-2;1-5(2,3)4/h5-18H2,1-4H3;(H2,1,2,3,4)/q+1;/p-1. The molecule has 5 nitrogen and oxygen atoms in total. The van der Waals surface area contributed by atoms with Gasteiger partial charge >= 0.3 is 0 Å². The van der Waals surface area contributed by atoms with E-state index in [0.29, 0.717) is 0 Å². The molecular formula is C18H41NO4S. The Hall–Kier alpha value is -0.170. The van der Waals surface area contributed by atoms with Crippen molar-refractivity contribution in [2.24, 2.45) is 0 Å². The summed E-state index contributed by atoms with van der Waals surface area (Å²) in [6.07, 6.45) is 17.1. The Bertz CT molecular complexity index is 348. The molecule has 1 N–H and O–H groups in total. The zero-order valence-corrected chi connectivity index (χ0v) is 17.2. The number of unbranched alkanes of at least 4 members (excludes halogenated alkanes) is 10. The summed E-state index contributed by atoms with van der Waals surface area (Å²) in [4.78, 5) is 0. The molecule has 0 radical (unpaired) electrons. The van der Waals surface area contributed by atoms with Gasteiger partial charge in [-0.3, -0.25) is 4.55 Å². The van der Waals surface area contributed by atoms with Gasteiger partial charge in [0.1, 0.15) is 0 Å². The highest BCUT2D eigenvalue weighted by Gasteiger charge is 2.13. The van der Waals surface area contributed by atoms with Gasteiger partial charge in [-0.1, -0.05) is 65.2 Å². The van der Waals surface area contributed by atoms with Crippen molar-refractivity contribution in [2.75, 3.05) is 27.2 Å². The van der Waals surface area contributed by atoms with Crippen molar-refractivity contribution in [3.63, 3.8) is 0 Å². The monoisotopic (exact) mass is 367 g/mol. The Morgan fingerprint density at radius 2 is 0.958 bits per heavy atom. The molecule has 0 rings (SSSR count). The van der Waals surface area contributed by atoms with Gasteiger partial charge in [-0.25, -0.2) is 8.42 Å². The van der Waals surface area contributed by atoms with E-state index in [1.54, 1.807) is 0 Å². The predicted molar refractivity (Wildman–Crippen MR) is 101 cm³/mol. The van der Waals surface area contributed by atoms with E-state index in [-0.39, 0.29) is 0 Å². The fourth-order valence-corrected chi connectivity index (χ4v) is 2.75. The largest absolute Gasteiger partial charge is 0.726 e. The molecule has 0 aliphatic carbocycles. The highest BCUT2D eigenvalue weighted by molar-refractivity contribution is 7.79. The van der Waals surface area contributed by atoms with E-state index in [1.165, 1.54) is 94.6 Å². The van der Waals surface area contributed by atoms with Crippen molar-refractivity contribution in [2.45, 2.75) is 90.9 Å². The Morgan fingerprint density at radius 1 is 0.708 bits per heavy atom. The van der Waals surface area contributed by atoms with Crippen LogP contribution < -0.4 is 0 Å². The number of quaternary nitrogens is 1. The topological polar surface area (TPSA) is 77.4 Å². The van der Waals surface area contributed by atoms with Crippen LogP contribution in [-0.2, 0) is 10.4 Å². The SMILES string of the molecule is CCCCCCCCCCC[N+](C)(C)CCCCC.O=S(=O)([O-])O. The van der Waals surface area contributed by atoms with Gasteiger partial charge in [0.15, 0.2) is 0 Å². The van der Waals surface area contributed by atoms with Crippen LogP contribution in [0.3, 0.4) is 0 Å². The van der Waals surface area contributed by atoms with Gasteiger partial charge in [0.05, 0.1) is 27.2 Å². The van der Waals surface area contributed by atoms with Crippen molar-refractivity contribution in [3.05, 3.63) is 0 Å². The summed E-state index contributed by atoms with van der Waals surface area (Å²) in [6.45, 7) is 7.32. The normalized spacial score (nSPS) is 11.9. The van der Waals surface area contributed by atoms with E-state index in [0.717, 1.165) is 0 Å². The fourth-order valence-electron chi connectivity index (χ4n) is 2.75. The van der Waals surface area contributed by atoms with Gasteiger partial charge in [-0.15, -0.1) is 0 Å². The lowest BCUT2D eigenvalue weighted by atomic mass is 10.1. The summed E-state index contributed by atoms with van der Waals surface area (Å²) < 4.78 is 34.1. The van der Waals surface area contributed by atoms with Crippen LogP contribution in [0.4, 0.5) is 0 Å². The maximum absolute atomic E-state index is 8.63. The highest BCUT2D eigenvalue weighted by Crippen LogP contribution is 2.11. The van der Waals surface area contributed by atoms with Gasteiger partial charge < -0.3 is 9.04 Å². The van der Waals surface area contributed by atoms with E-state index in [2.05, 4.69) is 27.9 Å². The summed E-state index contributed by atoms with van der Waals surface area (Å²) in [7, 11) is -0.110. The summed E-state index contributed by atoms with van der Waals surface area (Å²) in [6, 6.07) is 0. The molecule has 0 amide bonds. The molecule has 0 saturated heterocycles. The molecule has 24 heavy (non-hydrogen) atoms. The van der Waals surface area contributed by atoms with Crippen LogP contribution in [0.2, 0.25) is 0 Å². The molecule has 0 aromatic rings. The maximum Gasteiger partial charge on any atom is 0.215 e. The van der Waals surface area contributed by atoms with E-state index in [9.17, 15) is 0 Å². The molecule has 0 aromatic heterocycles. The Kier molecular flexibility index (Phi) is 17.7. The van der Waals surface area contributed by atoms with Crippen molar-refractivity contribution in [1.82, 2.24) is 0 Å². The molecule has 0 atom stereocenters. The van der Waals surface area contributed by atoms with Crippen LogP contribution in [0.25, 0.3) is 0 Å². The fraction of sp³-hybridized carbons (Fsp3) is 1.00. The average molecular weight is 368 g/mol. The average Bonchev–Trinajstić information content (AvgIpc) is 2.44. The number of hydrogen-bond donors (Lipinski definition) is 1. The highest BCUT2D eigenvalue weighted by atomic mass is 32.3. The zero-order chi connectivity index (χ0) is 18.9. The first-order chi connectivity index (χ1) is 11.1. The van der Waals surface area contributed by atoms with E-state index < -0.39 is 10.4 Å². The lowest BCUT2D eigenvalue weighted by Gasteiger charge is -2.29. The minimum atomic E-state index is -4.92. The Balaban J connectivity index is 0. The molecule has 0 aliphatic rings. The van der Waals surface area contributed by atoms with E-state index in [4.69, 9.17) is 17.5 Å². The van der Waals surface area contributed by atoms with Crippen molar-refractivity contribution < 1.29 is 22.0 Å². The molecule has 0 aromatic carbocycles. The van der Waals surface area contributed by atoms with Gasteiger partial charge in [0.25, 0.3) is 0 Å². The molecule has 0 spiro atoms. The Labute approximate surface area is 151 Å². The van der Waals surface area contributed by atoms with Crippen LogP contribution in [0, 0.1) is 0 Å². The minimum absolute atomic E-state index is 1.23. The number of rotatable bonds is 14. The van der Waals surface area contributed by atoms with Gasteiger partial charge in [0.2, 0.25) is 10.4 Å². The Morgan fingerprint density at radius 3 is 1.33 bits per heavy atom. The molecule has 0 unspecified atom stereocenters. The quantitative estimate of drug-likeness (QED) is 0.207. The zero-order valence-electron chi connectivity index (χ0n) is 16.4. The van der Waals surface area contributed by atoms with Crippen LogP contribution in [0.5, 0.6) is 0 Å². The number of hydrogen-bond acceptors (Lipinski definition) is 3. The molecule has 0 heterocycles. The van der Waals surface area contributed by atoms with E-state index >= 15 is 0 Å². The summed E-state index contributed by atoms with van der Waals surface area (Å²) >= 11 is 0. The lowest BCUT2D eigenvalue weighted by Crippen LogP contribution is -2.41.